The Hall–Kier alpha value is -0.190. The van der Waals surface area contributed by atoms with Gasteiger partial charge in [-0.2, -0.15) is 0 Å². The topological polar surface area (TPSA) is 33.3 Å². The van der Waals surface area contributed by atoms with Crippen LogP contribution in [0.15, 0.2) is 0 Å². The van der Waals surface area contributed by atoms with Crippen molar-refractivity contribution in [3.8, 4) is 0 Å². The number of rotatable bonds is 2. The van der Waals surface area contributed by atoms with Gasteiger partial charge in [-0.05, 0) is 32.4 Å². The smallest absolute Gasteiger partial charge is 0.139 e. The molecule has 14 heavy (non-hydrogen) atoms. The largest absolute Gasteiger partial charge is 0.378 e. The summed E-state index contributed by atoms with van der Waals surface area (Å²) >= 11 is 0. The summed E-state index contributed by atoms with van der Waals surface area (Å²) in [7, 11) is 0. The van der Waals surface area contributed by atoms with Crippen molar-refractivity contribution in [1.29, 1.82) is 0 Å². The van der Waals surface area contributed by atoms with Crippen molar-refractivity contribution in [2.75, 3.05) is 26.3 Å². The van der Waals surface area contributed by atoms with Gasteiger partial charge in [-0.15, -0.1) is 0 Å². The molecule has 2 saturated heterocycles. The van der Waals surface area contributed by atoms with Gasteiger partial charge < -0.3 is 15.4 Å². The molecule has 2 atom stereocenters. The molecular weight excluding hydrogens is 183 g/mol. The molecule has 0 spiro atoms. The van der Waals surface area contributed by atoms with Crippen LogP contribution in [0.25, 0.3) is 0 Å². The van der Waals surface area contributed by atoms with Gasteiger partial charge in [-0.25, -0.2) is 4.39 Å². The molecule has 0 bridgehead atoms. The fourth-order valence-corrected chi connectivity index (χ4v) is 2.18. The highest BCUT2D eigenvalue weighted by Gasteiger charge is 2.27. The lowest BCUT2D eigenvalue weighted by Gasteiger charge is -2.33. The number of hydrogen-bond acceptors (Lipinski definition) is 3. The minimum absolute atomic E-state index is 0.0202. The van der Waals surface area contributed by atoms with E-state index in [0.717, 1.165) is 32.4 Å². The lowest BCUT2D eigenvalue weighted by atomic mass is 10.0. The molecule has 0 unspecified atom stereocenters. The molecule has 0 aromatic rings. The average Bonchev–Trinajstić information content (AvgIpc) is 2.23. The van der Waals surface area contributed by atoms with E-state index in [0.29, 0.717) is 12.6 Å². The molecule has 4 heteroatoms. The fourth-order valence-electron chi connectivity index (χ4n) is 2.18. The Bertz CT molecular complexity index is 174. The number of halogens is 1. The molecule has 0 aliphatic carbocycles. The minimum atomic E-state index is -0.821. The molecule has 2 rings (SSSR count). The van der Waals surface area contributed by atoms with Crippen molar-refractivity contribution in [1.82, 2.24) is 10.6 Å². The zero-order valence-electron chi connectivity index (χ0n) is 8.47. The molecule has 0 saturated carbocycles. The molecule has 0 aromatic heterocycles. The van der Waals surface area contributed by atoms with Gasteiger partial charge in [0.25, 0.3) is 0 Å². The summed E-state index contributed by atoms with van der Waals surface area (Å²) < 4.78 is 18.5. The highest BCUT2D eigenvalue weighted by atomic mass is 19.1. The summed E-state index contributed by atoms with van der Waals surface area (Å²) in [6.07, 6.45) is 2.22. The van der Waals surface area contributed by atoms with Crippen LogP contribution in [0.2, 0.25) is 0 Å². The van der Waals surface area contributed by atoms with Crippen molar-refractivity contribution < 1.29 is 9.13 Å². The van der Waals surface area contributed by atoms with E-state index in [4.69, 9.17) is 4.74 Å². The van der Waals surface area contributed by atoms with Crippen molar-refractivity contribution >= 4 is 0 Å². The lowest BCUT2D eigenvalue weighted by Crippen LogP contribution is -2.51. The maximum absolute atomic E-state index is 13.4. The molecule has 2 N–H and O–H groups in total. The normalized spacial score (nSPS) is 35.8. The van der Waals surface area contributed by atoms with Crippen molar-refractivity contribution in [3.63, 3.8) is 0 Å². The number of nitrogens with one attached hydrogen (secondary N) is 2. The molecule has 2 heterocycles. The Morgan fingerprint density at radius 1 is 1.21 bits per heavy atom. The molecule has 2 fully saturated rings. The molecule has 2 aliphatic heterocycles. The maximum Gasteiger partial charge on any atom is 0.139 e. The van der Waals surface area contributed by atoms with Gasteiger partial charge in [0.2, 0.25) is 0 Å². The average molecular weight is 202 g/mol. The molecule has 82 valence electrons. The summed E-state index contributed by atoms with van der Waals surface area (Å²) in [5.41, 5.74) is 0. The monoisotopic (exact) mass is 202 g/mol. The van der Waals surface area contributed by atoms with Gasteiger partial charge in [0.05, 0.1) is 6.61 Å². The second kappa shape index (κ2) is 5.05. The quantitative estimate of drug-likeness (QED) is 0.682. The van der Waals surface area contributed by atoms with Crippen molar-refractivity contribution in [3.05, 3.63) is 0 Å². The van der Waals surface area contributed by atoms with E-state index in [-0.39, 0.29) is 12.6 Å². The van der Waals surface area contributed by atoms with Crippen LogP contribution in [0.5, 0.6) is 0 Å². The van der Waals surface area contributed by atoms with Crippen LogP contribution in [-0.2, 0) is 4.74 Å². The third-order valence-electron chi connectivity index (χ3n) is 3.08. The van der Waals surface area contributed by atoms with E-state index in [1.165, 1.54) is 0 Å². The summed E-state index contributed by atoms with van der Waals surface area (Å²) in [6, 6.07) is 0.518. The van der Waals surface area contributed by atoms with E-state index in [1.54, 1.807) is 0 Å². The summed E-state index contributed by atoms with van der Waals surface area (Å²) in [4.78, 5) is 0. The Morgan fingerprint density at radius 2 is 2.00 bits per heavy atom. The molecule has 3 nitrogen and oxygen atoms in total. The first kappa shape index (κ1) is 10.3. The first-order valence-electron chi connectivity index (χ1n) is 5.55. The minimum Gasteiger partial charge on any atom is -0.378 e. The van der Waals surface area contributed by atoms with Gasteiger partial charge in [0, 0.05) is 18.7 Å². The highest BCUT2D eigenvalue weighted by Crippen LogP contribution is 2.14. The molecule has 0 radical (unpaired) electrons. The van der Waals surface area contributed by atoms with E-state index in [9.17, 15) is 4.39 Å². The molecule has 2 aliphatic rings. The summed E-state index contributed by atoms with van der Waals surface area (Å²) in [6.45, 7) is 3.07. The van der Waals surface area contributed by atoms with Crippen LogP contribution in [0, 0.1) is 0 Å². The standard InChI is InChI=1S/C10H19FN2O/c11-9-7-14-6-3-10(9)13-8-1-4-12-5-2-8/h8-10,12-13H,1-7H2/t9-,10-/m1/s1. The van der Waals surface area contributed by atoms with Crippen LogP contribution in [-0.4, -0.2) is 44.6 Å². The predicted octanol–water partition coefficient (Wildman–Crippen LogP) is 0.455. The number of piperidine rings is 1. The van der Waals surface area contributed by atoms with Crippen LogP contribution in [0.3, 0.4) is 0 Å². The van der Waals surface area contributed by atoms with Gasteiger partial charge in [-0.3, -0.25) is 0 Å². The second-order valence-corrected chi connectivity index (χ2v) is 4.18. The Kier molecular flexibility index (Phi) is 3.73. The zero-order chi connectivity index (χ0) is 9.80. The Labute approximate surface area is 84.4 Å². The Morgan fingerprint density at radius 3 is 2.71 bits per heavy atom. The van der Waals surface area contributed by atoms with Gasteiger partial charge in [0.15, 0.2) is 0 Å². The van der Waals surface area contributed by atoms with E-state index < -0.39 is 6.17 Å². The molecular formula is C10H19FN2O. The van der Waals surface area contributed by atoms with Crippen molar-refractivity contribution in [2.24, 2.45) is 0 Å². The first-order valence-corrected chi connectivity index (χ1v) is 5.55. The first-order chi connectivity index (χ1) is 6.86. The molecule has 0 aromatic carbocycles. The third-order valence-corrected chi connectivity index (χ3v) is 3.08. The van der Waals surface area contributed by atoms with E-state index in [2.05, 4.69) is 10.6 Å². The number of ether oxygens (including phenoxy) is 1. The maximum atomic E-state index is 13.4. The van der Waals surface area contributed by atoms with E-state index in [1.807, 2.05) is 0 Å². The number of alkyl halides is 1. The predicted molar refractivity (Wildman–Crippen MR) is 53.1 cm³/mol. The van der Waals surface area contributed by atoms with Crippen LogP contribution >= 0.6 is 0 Å². The lowest BCUT2D eigenvalue weighted by molar-refractivity contribution is 0.00990. The summed E-state index contributed by atoms with van der Waals surface area (Å²) in [5, 5.41) is 6.72. The summed E-state index contributed by atoms with van der Waals surface area (Å²) in [5.74, 6) is 0. The van der Waals surface area contributed by atoms with Gasteiger partial charge in [-0.1, -0.05) is 0 Å². The zero-order valence-corrected chi connectivity index (χ0v) is 8.47. The van der Waals surface area contributed by atoms with Crippen molar-refractivity contribution in [2.45, 2.75) is 37.5 Å². The SMILES string of the molecule is F[C@@H]1COCC[C@H]1NC1CCNCC1. The third kappa shape index (κ3) is 2.65. The Balaban J connectivity index is 1.76. The number of hydrogen-bond donors (Lipinski definition) is 2. The highest BCUT2D eigenvalue weighted by molar-refractivity contribution is 4.84. The molecule has 0 amide bonds. The van der Waals surface area contributed by atoms with Crippen LogP contribution < -0.4 is 10.6 Å². The van der Waals surface area contributed by atoms with Gasteiger partial charge in [0.1, 0.15) is 6.17 Å². The van der Waals surface area contributed by atoms with Gasteiger partial charge >= 0.3 is 0 Å². The van der Waals surface area contributed by atoms with Crippen LogP contribution in [0.4, 0.5) is 4.39 Å². The van der Waals surface area contributed by atoms with E-state index >= 15 is 0 Å². The van der Waals surface area contributed by atoms with Crippen LogP contribution in [0.1, 0.15) is 19.3 Å². The fraction of sp³-hybridized carbons (Fsp3) is 1.00. The second-order valence-electron chi connectivity index (χ2n) is 4.18.